The summed E-state index contributed by atoms with van der Waals surface area (Å²) in [5, 5.41) is 17.0. The van der Waals surface area contributed by atoms with Crippen LogP contribution in [0, 0.1) is 10.1 Å². The Balaban J connectivity index is 1.32. The van der Waals surface area contributed by atoms with E-state index in [2.05, 4.69) is 15.6 Å². The lowest BCUT2D eigenvalue weighted by Gasteiger charge is -2.08. The number of fused-ring (bicyclic) bond motifs is 1. The number of rotatable bonds is 9. The number of nitrogens with zero attached hydrogens (tertiary/aromatic N) is 1. The standard InChI is InChI=1S/C20H20N4O5/c25-19(13-29-16-8-6-15(7-9-16)24(27)28)21-10-3-11-22-20(26)18-12-14-4-1-2-5-17(14)23-18/h1-2,4-9,12,23H,3,10-11,13H2,(H,21,25)(H,22,26). The quantitative estimate of drug-likeness (QED) is 0.291. The minimum absolute atomic E-state index is 0.0451. The molecule has 0 spiro atoms. The van der Waals surface area contributed by atoms with E-state index in [-0.39, 0.29) is 24.1 Å². The second kappa shape index (κ2) is 9.36. The predicted molar refractivity (Wildman–Crippen MR) is 107 cm³/mol. The average Bonchev–Trinajstić information content (AvgIpc) is 3.16. The Kier molecular flexibility index (Phi) is 6.41. The highest BCUT2D eigenvalue weighted by Gasteiger charge is 2.09. The Hall–Kier alpha value is -3.88. The average molecular weight is 396 g/mol. The molecule has 0 radical (unpaired) electrons. The number of aromatic nitrogens is 1. The van der Waals surface area contributed by atoms with E-state index in [1.807, 2.05) is 24.3 Å². The second-order valence-electron chi connectivity index (χ2n) is 6.27. The van der Waals surface area contributed by atoms with E-state index in [4.69, 9.17) is 4.74 Å². The Morgan fingerprint density at radius 2 is 1.76 bits per heavy atom. The molecule has 0 fully saturated rings. The van der Waals surface area contributed by atoms with E-state index in [0.717, 1.165) is 10.9 Å². The lowest BCUT2D eigenvalue weighted by molar-refractivity contribution is -0.384. The van der Waals surface area contributed by atoms with Crippen LogP contribution in [0.25, 0.3) is 10.9 Å². The number of benzene rings is 2. The molecular formula is C20H20N4O5. The maximum absolute atomic E-state index is 12.1. The van der Waals surface area contributed by atoms with Crippen molar-refractivity contribution in [2.45, 2.75) is 6.42 Å². The van der Waals surface area contributed by atoms with E-state index in [9.17, 15) is 19.7 Å². The molecule has 3 rings (SSSR count). The van der Waals surface area contributed by atoms with Crippen molar-refractivity contribution < 1.29 is 19.2 Å². The minimum Gasteiger partial charge on any atom is -0.484 e. The predicted octanol–water partition coefficient (Wildman–Crippen LogP) is 2.39. The molecule has 3 N–H and O–H groups in total. The topological polar surface area (TPSA) is 126 Å². The van der Waals surface area contributed by atoms with Gasteiger partial charge < -0.3 is 20.4 Å². The third-order valence-corrected chi connectivity index (χ3v) is 4.15. The largest absolute Gasteiger partial charge is 0.484 e. The van der Waals surface area contributed by atoms with Gasteiger partial charge in [0.25, 0.3) is 17.5 Å². The van der Waals surface area contributed by atoms with Gasteiger partial charge in [-0.2, -0.15) is 0 Å². The Morgan fingerprint density at radius 3 is 2.48 bits per heavy atom. The highest BCUT2D eigenvalue weighted by atomic mass is 16.6. The van der Waals surface area contributed by atoms with Crippen LogP contribution < -0.4 is 15.4 Å². The number of non-ortho nitro benzene ring substituents is 1. The van der Waals surface area contributed by atoms with Crippen molar-refractivity contribution in [2.75, 3.05) is 19.7 Å². The monoisotopic (exact) mass is 396 g/mol. The lowest BCUT2D eigenvalue weighted by atomic mass is 10.2. The molecule has 1 heterocycles. The SMILES string of the molecule is O=C(COc1ccc([N+](=O)[O-])cc1)NCCCNC(=O)c1cc2ccccc2[nH]1. The second-order valence-corrected chi connectivity index (χ2v) is 6.27. The number of nitro benzene ring substituents is 1. The minimum atomic E-state index is -0.507. The Morgan fingerprint density at radius 1 is 1.03 bits per heavy atom. The summed E-state index contributed by atoms with van der Waals surface area (Å²) in [5.41, 5.74) is 1.35. The molecule has 0 saturated carbocycles. The van der Waals surface area contributed by atoms with Crippen molar-refractivity contribution in [2.24, 2.45) is 0 Å². The van der Waals surface area contributed by atoms with Crippen LogP contribution in [0.4, 0.5) is 5.69 Å². The van der Waals surface area contributed by atoms with Crippen molar-refractivity contribution in [1.82, 2.24) is 15.6 Å². The number of aromatic amines is 1. The smallest absolute Gasteiger partial charge is 0.269 e. The van der Waals surface area contributed by atoms with Gasteiger partial charge >= 0.3 is 0 Å². The van der Waals surface area contributed by atoms with E-state index in [1.165, 1.54) is 24.3 Å². The number of nitro groups is 1. The van der Waals surface area contributed by atoms with Gasteiger partial charge in [0.1, 0.15) is 11.4 Å². The molecule has 0 unspecified atom stereocenters. The van der Waals surface area contributed by atoms with Crippen molar-refractivity contribution in [3.05, 3.63) is 70.4 Å². The number of para-hydroxylation sites is 1. The summed E-state index contributed by atoms with van der Waals surface area (Å²) in [6, 6.07) is 14.9. The molecule has 150 valence electrons. The molecule has 1 aromatic heterocycles. The summed E-state index contributed by atoms with van der Waals surface area (Å²) in [5.74, 6) is -0.143. The first-order valence-corrected chi connectivity index (χ1v) is 9.03. The first-order chi connectivity index (χ1) is 14.0. The molecule has 9 nitrogen and oxygen atoms in total. The molecule has 9 heteroatoms. The molecule has 2 amide bonds. The van der Waals surface area contributed by atoms with E-state index >= 15 is 0 Å². The molecule has 0 bridgehead atoms. The lowest BCUT2D eigenvalue weighted by Crippen LogP contribution is -2.32. The molecule has 2 aromatic carbocycles. The zero-order valence-electron chi connectivity index (χ0n) is 15.5. The summed E-state index contributed by atoms with van der Waals surface area (Å²) >= 11 is 0. The number of nitrogens with one attached hydrogen (secondary N) is 3. The van der Waals surface area contributed by atoms with Crippen LogP contribution in [0.2, 0.25) is 0 Å². The summed E-state index contributed by atoms with van der Waals surface area (Å²) < 4.78 is 5.28. The van der Waals surface area contributed by atoms with Gasteiger partial charge in [-0.3, -0.25) is 19.7 Å². The van der Waals surface area contributed by atoms with Crippen LogP contribution in [0.1, 0.15) is 16.9 Å². The first kappa shape index (κ1) is 19.9. The van der Waals surface area contributed by atoms with Gasteiger partial charge in [0.05, 0.1) is 4.92 Å². The van der Waals surface area contributed by atoms with Crippen LogP contribution in [0.3, 0.4) is 0 Å². The molecule has 0 saturated heterocycles. The summed E-state index contributed by atoms with van der Waals surface area (Å²) in [6.45, 7) is 0.604. The van der Waals surface area contributed by atoms with Gasteiger partial charge in [-0.25, -0.2) is 0 Å². The molecule has 29 heavy (non-hydrogen) atoms. The van der Waals surface area contributed by atoms with Crippen LogP contribution in [0.5, 0.6) is 5.75 Å². The first-order valence-electron chi connectivity index (χ1n) is 9.03. The fourth-order valence-corrected chi connectivity index (χ4v) is 2.67. The molecule has 0 aliphatic heterocycles. The van der Waals surface area contributed by atoms with Crippen molar-refractivity contribution in [3.8, 4) is 5.75 Å². The number of H-pyrrole nitrogens is 1. The van der Waals surface area contributed by atoms with E-state index in [0.29, 0.717) is 31.0 Å². The maximum Gasteiger partial charge on any atom is 0.269 e. The molecule has 0 aliphatic rings. The highest BCUT2D eigenvalue weighted by molar-refractivity contribution is 5.97. The summed E-state index contributed by atoms with van der Waals surface area (Å²) in [4.78, 5) is 37.1. The highest BCUT2D eigenvalue weighted by Crippen LogP contribution is 2.17. The van der Waals surface area contributed by atoms with Gasteiger partial charge in [-0.05, 0) is 30.7 Å². The van der Waals surface area contributed by atoms with Crippen LogP contribution in [-0.2, 0) is 4.79 Å². The number of hydrogen-bond donors (Lipinski definition) is 3. The zero-order chi connectivity index (χ0) is 20.6. The summed E-state index contributed by atoms with van der Waals surface area (Å²) in [7, 11) is 0. The molecule has 3 aromatic rings. The summed E-state index contributed by atoms with van der Waals surface area (Å²) in [6.07, 6.45) is 0.565. The number of hydrogen-bond acceptors (Lipinski definition) is 5. The zero-order valence-corrected chi connectivity index (χ0v) is 15.5. The molecule has 0 atom stereocenters. The fraction of sp³-hybridized carbons (Fsp3) is 0.200. The Bertz CT molecular complexity index is 980. The number of carbonyl (C=O) groups is 2. The molecular weight excluding hydrogens is 376 g/mol. The third-order valence-electron chi connectivity index (χ3n) is 4.15. The van der Waals surface area contributed by atoms with Gasteiger partial charge in [0, 0.05) is 36.1 Å². The van der Waals surface area contributed by atoms with Crippen LogP contribution in [0.15, 0.2) is 54.6 Å². The van der Waals surface area contributed by atoms with Crippen LogP contribution in [-0.4, -0.2) is 41.4 Å². The van der Waals surface area contributed by atoms with Gasteiger partial charge in [-0.15, -0.1) is 0 Å². The molecule has 0 aliphatic carbocycles. The number of carbonyl (C=O) groups excluding carboxylic acids is 2. The van der Waals surface area contributed by atoms with Crippen molar-refractivity contribution >= 4 is 28.4 Å². The number of ether oxygens (including phenoxy) is 1. The van der Waals surface area contributed by atoms with Crippen molar-refractivity contribution in [3.63, 3.8) is 0 Å². The maximum atomic E-state index is 12.1. The Labute approximate surface area is 166 Å². The van der Waals surface area contributed by atoms with E-state index in [1.54, 1.807) is 6.07 Å². The van der Waals surface area contributed by atoms with Gasteiger partial charge in [0.15, 0.2) is 6.61 Å². The van der Waals surface area contributed by atoms with Gasteiger partial charge in [0.2, 0.25) is 0 Å². The third kappa shape index (κ3) is 5.55. The van der Waals surface area contributed by atoms with Gasteiger partial charge in [-0.1, -0.05) is 18.2 Å². The van der Waals surface area contributed by atoms with Crippen molar-refractivity contribution in [1.29, 1.82) is 0 Å². The normalized spacial score (nSPS) is 10.5. The number of amides is 2. The fourth-order valence-electron chi connectivity index (χ4n) is 2.67. The van der Waals surface area contributed by atoms with E-state index < -0.39 is 4.92 Å². The van der Waals surface area contributed by atoms with Crippen LogP contribution >= 0.6 is 0 Å².